The summed E-state index contributed by atoms with van der Waals surface area (Å²) in [5.74, 6) is 0.0707. The van der Waals surface area contributed by atoms with Crippen LogP contribution in [0.3, 0.4) is 0 Å². The number of aryl methyl sites for hydroxylation is 3. The zero-order valence-corrected chi connectivity index (χ0v) is 13.7. The zero-order chi connectivity index (χ0) is 14.7. The fourth-order valence-electron chi connectivity index (χ4n) is 2.46. The largest absolute Gasteiger partial charge is 0.288 e. The molecule has 1 heterocycles. The highest BCUT2D eigenvalue weighted by atomic mass is 35.5. The van der Waals surface area contributed by atoms with Gasteiger partial charge >= 0.3 is 0 Å². The van der Waals surface area contributed by atoms with Crippen molar-refractivity contribution >= 4 is 28.7 Å². The van der Waals surface area contributed by atoms with Crippen LogP contribution in [-0.4, -0.2) is 5.78 Å². The van der Waals surface area contributed by atoms with Crippen molar-refractivity contribution in [1.82, 2.24) is 0 Å². The second-order valence-electron chi connectivity index (χ2n) is 4.78. The minimum atomic E-state index is 0.0707. The fraction of sp³-hybridized carbons (Fsp3) is 0.353. The molecule has 0 saturated heterocycles. The van der Waals surface area contributed by atoms with Crippen molar-refractivity contribution in [3.63, 3.8) is 0 Å². The molecule has 0 aliphatic rings. The molecule has 1 aromatic carbocycles. The van der Waals surface area contributed by atoms with Crippen LogP contribution in [0, 0.1) is 0 Å². The van der Waals surface area contributed by atoms with Gasteiger partial charge in [-0.1, -0.05) is 44.5 Å². The highest BCUT2D eigenvalue weighted by molar-refractivity contribution is 7.13. The summed E-state index contributed by atoms with van der Waals surface area (Å²) >= 11 is 7.54. The number of ketones is 1. The smallest absolute Gasteiger partial charge is 0.205 e. The molecule has 0 saturated carbocycles. The van der Waals surface area contributed by atoms with Gasteiger partial charge < -0.3 is 0 Å². The van der Waals surface area contributed by atoms with E-state index in [-0.39, 0.29) is 5.78 Å². The maximum atomic E-state index is 12.8. The maximum Gasteiger partial charge on any atom is 0.205 e. The SMILES string of the molecule is CCc1cc(CC)c(C(=O)c2sccc2Cl)c(CC)c1. The van der Waals surface area contributed by atoms with Crippen LogP contribution < -0.4 is 0 Å². The Morgan fingerprint density at radius 2 is 1.70 bits per heavy atom. The molecule has 20 heavy (non-hydrogen) atoms. The third kappa shape index (κ3) is 2.82. The van der Waals surface area contributed by atoms with Crippen molar-refractivity contribution in [3.05, 3.63) is 55.7 Å². The Morgan fingerprint density at radius 3 is 2.10 bits per heavy atom. The lowest BCUT2D eigenvalue weighted by molar-refractivity contribution is 0.104. The fourth-order valence-corrected chi connectivity index (χ4v) is 3.55. The third-order valence-electron chi connectivity index (χ3n) is 3.58. The molecule has 0 atom stereocenters. The summed E-state index contributed by atoms with van der Waals surface area (Å²) < 4.78 is 0. The number of carbonyl (C=O) groups is 1. The Balaban J connectivity index is 2.60. The summed E-state index contributed by atoms with van der Waals surface area (Å²) in [4.78, 5) is 13.5. The molecule has 106 valence electrons. The van der Waals surface area contributed by atoms with Gasteiger partial charge in [-0.25, -0.2) is 0 Å². The number of rotatable bonds is 5. The van der Waals surface area contributed by atoms with Crippen LogP contribution in [0.25, 0.3) is 0 Å². The number of benzene rings is 1. The van der Waals surface area contributed by atoms with E-state index in [1.165, 1.54) is 16.9 Å². The minimum absolute atomic E-state index is 0.0707. The van der Waals surface area contributed by atoms with Crippen molar-refractivity contribution in [2.24, 2.45) is 0 Å². The molecule has 1 aromatic heterocycles. The lowest BCUT2D eigenvalue weighted by Gasteiger charge is -2.14. The van der Waals surface area contributed by atoms with E-state index < -0.39 is 0 Å². The molecule has 0 aliphatic carbocycles. The monoisotopic (exact) mass is 306 g/mol. The second kappa shape index (κ2) is 6.55. The van der Waals surface area contributed by atoms with E-state index in [1.54, 1.807) is 6.07 Å². The number of halogens is 1. The van der Waals surface area contributed by atoms with Crippen molar-refractivity contribution in [3.8, 4) is 0 Å². The first-order valence-electron chi connectivity index (χ1n) is 7.04. The number of hydrogen-bond acceptors (Lipinski definition) is 2. The van der Waals surface area contributed by atoms with Gasteiger partial charge in [0.1, 0.15) is 0 Å². The van der Waals surface area contributed by atoms with Crippen molar-refractivity contribution in [1.29, 1.82) is 0 Å². The van der Waals surface area contributed by atoms with Crippen LogP contribution in [0.4, 0.5) is 0 Å². The summed E-state index contributed by atoms with van der Waals surface area (Å²) in [6.45, 7) is 6.34. The van der Waals surface area contributed by atoms with E-state index in [1.807, 2.05) is 5.38 Å². The van der Waals surface area contributed by atoms with Gasteiger partial charge in [-0.2, -0.15) is 0 Å². The highest BCUT2D eigenvalue weighted by Crippen LogP contribution is 2.29. The molecule has 1 nitrogen and oxygen atoms in total. The lowest BCUT2D eigenvalue weighted by atomic mass is 9.91. The number of carbonyl (C=O) groups excluding carboxylic acids is 1. The molecule has 0 unspecified atom stereocenters. The van der Waals surface area contributed by atoms with Gasteiger partial charge in [-0.3, -0.25) is 4.79 Å². The average Bonchev–Trinajstić information content (AvgIpc) is 2.91. The molecule has 0 aliphatic heterocycles. The average molecular weight is 307 g/mol. The normalized spacial score (nSPS) is 10.8. The van der Waals surface area contributed by atoms with E-state index >= 15 is 0 Å². The molecular formula is C17H19ClOS. The van der Waals surface area contributed by atoms with Gasteiger partial charge in [0, 0.05) is 5.56 Å². The standard InChI is InChI=1S/C17H19ClOS/c1-4-11-9-12(5-2)15(13(6-3)10-11)16(19)17-14(18)7-8-20-17/h7-10H,4-6H2,1-3H3. The molecule has 0 N–H and O–H groups in total. The quantitative estimate of drug-likeness (QED) is 0.683. The Morgan fingerprint density at radius 1 is 1.10 bits per heavy atom. The van der Waals surface area contributed by atoms with Crippen LogP contribution in [0.2, 0.25) is 5.02 Å². The van der Waals surface area contributed by atoms with E-state index in [4.69, 9.17) is 11.6 Å². The topological polar surface area (TPSA) is 17.1 Å². The predicted molar refractivity (Wildman–Crippen MR) is 87.3 cm³/mol. The lowest BCUT2D eigenvalue weighted by Crippen LogP contribution is -2.09. The summed E-state index contributed by atoms with van der Waals surface area (Å²) in [7, 11) is 0. The Kier molecular flexibility index (Phi) is 5.00. The summed E-state index contributed by atoms with van der Waals surface area (Å²) in [6, 6.07) is 6.11. The van der Waals surface area contributed by atoms with Crippen molar-refractivity contribution in [2.75, 3.05) is 0 Å². The van der Waals surface area contributed by atoms with E-state index in [9.17, 15) is 4.79 Å². The third-order valence-corrected chi connectivity index (χ3v) is 4.92. The molecular weight excluding hydrogens is 288 g/mol. The van der Waals surface area contributed by atoms with Gasteiger partial charge in [-0.15, -0.1) is 11.3 Å². The Bertz CT molecular complexity index is 603. The van der Waals surface area contributed by atoms with E-state index in [0.717, 1.165) is 36.0 Å². The van der Waals surface area contributed by atoms with Gasteiger partial charge in [-0.05, 0) is 47.4 Å². The van der Waals surface area contributed by atoms with Crippen LogP contribution in [0.15, 0.2) is 23.6 Å². The first-order chi connectivity index (χ1) is 9.62. The minimum Gasteiger partial charge on any atom is -0.288 e. The Hall–Kier alpha value is -1.12. The second-order valence-corrected chi connectivity index (χ2v) is 6.10. The molecule has 0 amide bonds. The van der Waals surface area contributed by atoms with Crippen LogP contribution >= 0.6 is 22.9 Å². The van der Waals surface area contributed by atoms with Crippen molar-refractivity contribution in [2.45, 2.75) is 40.0 Å². The summed E-state index contributed by atoms with van der Waals surface area (Å²) in [5, 5.41) is 2.43. The number of thiophene rings is 1. The predicted octanol–water partition coefficient (Wildman–Crippen LogP) is 5.32. The first kappa shape index (κ1) is 15.3. The zero-order valence-electron chi connectivity index (χ0n) is 12.1. The first-order valence-corrected chi connectivity index (χ1v) is 8.30. The van der Waals surface area contributed by atoms with Gasteiger partial charge in [0.15, 0.2) is 0 Å². The summed E-state index contributed by atoms with van der Waals surface area (Å²) in [5.41, 5.74) is 4.43. The molecule has 3 heteroatoms. The van der Waals surface area contributed by atoms with E-state index in [0.29, 0.717) is 9.90 Å². The van der Waals surface area contributed by atoms with E-state index in [2.05, 4.69) is 32.9 Å². The van der Waals surface area contributed by atoms with Gasteiger partial charge in [0.05, 0.1) is 9.90 Å². The van der Waals surface area contributed by atoms with Gasteiger partial charge in [0.25, 0.3) is 0 Å². The molecule has 2 rings (SSSR count). The Labute approximate surface area is 129 Å². The maximum absolute atomic E-state index is 12.8. The van der Waals surface area contributed by atoms with Crippen LogP contribution in [0.5, 0.6) is 0 Å². The molecule has 0 fully saturated rings. The van der Waals surface area contributed by atoms with Crippen molar-refractivity contribution < 1.29 is 4.79 Å². The van der Waals surface area contributed by atoms with Gasteiger partial charge in [0.2, 0.25) is 5.78 Å². The number of hydrogen-bond donors (Lipinski definition) is 0. The molecule has 0 bridgehead atoms. The highest BCUT2D eigenvalue weighted by Gasteiger charge is 2.20. The molecule has 0 radical (unpaired) electrons. The molecule has 0 spiro atoms. The molecule has 2 aromatic rings. The van der Waals surface area contributed by atoms with Crippen LogP contribution in [0.1, 0.15) is 52.7 Å². The summed E-state index contributed by atoms with van der Waals surface area (Å²) in [6.07, 6.45) is 2.73. The van der Waals surface area contributed by atoms with Crippen LogP contribution in [-0.2, 0) is 19.3 Å².